The van der Waals surface area contributed by atoms with Gasteiger partial charge in [0.15, 0.2) is 0 Å². The fraction of sp³-hybridized carbons (Fsp3) is 0.286. The van der Waals surface area contributed by atoms with E-state index in [1.165, 1.54) is 6.08 Å². The van der Waals surface area contributed by atoms with Crippen molar-refractivity contribution in [3.63, 3.8) is 0 Å². The molecule has 0 unspecified atom stereocenters. The zero-order chi connectivity index (χ0) is 15.4. The number of aliphatic hydroxyl groups excluding tert-OH is 1. The van der Waals surface area contributed by atoms with Crippen LogP contribution in [0, 0.1) is 0 Å². The summed E-state index contributed by atoms with van der Waals surface area (Å²) in [6.07, 6.45) is 1.23. The fourth-order valence-corrected chi connectivity index (χ4v) is 2.36. The summed E-state index contributed by atoms with van der Waals surface area (Å²) in [4.78, 5) is 24.8. The minimum atomic E-state index is -0.447. The van der Waals surface area contributed by atoms with E-state index < -0.39 is 11.8 Å². The molecule has 0 saturated heterocycles. The van der Waals surface area contributed by atoms with Gasteiger partial charge in [0.05, 0.1) is 19.8 Å². The number of imide groups is 1. The molecule has 7 heteroatoms. The number of anilines is 1. The average molecular weight is 355 g/mol. The first-order chi connectivity index (χ1) is 10.1. The number of carbonyl (C=O) groups excluding carboxylic acids is 2. The number of hydrogen-bond acceptors (Lipinski definition) is 5. The first-order valence-electron chi connectivity index (χ1n) is 6.29. The van der Waals surface area contributed by atoms with Gasteiger partial charge in [-0.2, -0.15) is 0 Å². The molecule has 1 aliphatic rings. The molecule has 2 amide bonds. The predicted molar refractivity (Wildman–Crippen MR) is 80.4 cm³/mol. The van der Waals surface area contributed by atoms with Gasteiger partial charge in [-0.05, 0) is 12.1 Å². The Morgan fingerprint density at radius 3 is 2.81 bits per heavy atom. The van der Waals surface area contributed by atoms with Gasteiger partial charge in [0.25, 0.3) is 11.8 Å². The summed E-state index contributed by atoms with van der Waals surface area (Å²) in [5, 5.41) is 11.8. The van der Waals surface area contributed by atoms with Gasteiger partial charge < -0.3 is 15.2 Å². The number of nitrogens with zero attached hydrogens (tertiary/aromatic N) is 1. The van der Waals surface area contributed by atoms with Gasteiger partial charge in [0.1, 0.15) is 5.70 Å². The van der Waals surface area contributed by atoms with Crippen LogP contribution in [0.15, 0.2) is 34.4 Å². The first-order valence-corrected chi connectivity index (χ1v) is 7.09. The molecule has 0 aliphatic carbocycles. The van der Waals surface area contributed by atoms with Crippen molar-refractivity contribution in [3.05, 3.63) is 40.0 Å². The summed E-state index contributed by atoms with van der Waals surface area (Å²) >= 11 is 3.36. The maximum Gasteiger partial charge on any atom is 0.277 e. The van der Waals surface area contributed by atoms with Crippen molar-refractivity contribution in [1.82, 2.24) is 4.90 Å². The van der Waals surface area contributed by atoms with Crippen molar-refractivity contribution in [1.29, 1.82) is 0 Å². The van der Waals surface area contributed by atoms with Crippen LogP contribution in [-0.4, -0.2) is 42.1 Å². The Morgan fingerprint density at radius 1 is 1.38 bits per heavy atom. The standard InChI is InChI=1S/C14H15BrN2O4/c1-21-8-9-2-3-10(15)6-11(9)16-12-7-13(19)17(4-5-18)14(12)20/h2-3,6-7,16,18H,4-5,8H2,1H3. The normalized spacial score (nSPS) is 14.6. The highest BCUT2D eigenvalue weighted by Crippen LogP contribution is 2.25. The van der Waals surface area contributed by atoms with E-state index in [0.29, 0.717) is 12.3 Å². The van der Waals surface area contributed by atoms with Crippen molar-refractivity contribution in [3.8, 4) is 0 Å². The third kappa shape index (κ3) is 3.49. The van der Waals surface area contributed by atoms with E-state index in [0.717, 1.165) is 14.9 Å². The molecule has 1 heterocycles. The van der Waals surface area contributed by atoms with Crippen LogP contribution in [0.25, 0.3) is 0 Å². The molecule has 0 aromatic heterocycles. The summed E-state index contributed by atoms with van der Waals surface area (Å²) in [5.74, 6) is -0.878. The van der Waals surface area contributed by atoms with E-state index in [2.05, 4.69) is 21.2 Å². The van der Waals surface area contributed by atoms with E-state index in [9.17, 15) is 9.59 Å². The van der Waals surface area contributed by atoms with Gasteiger partial charge in [-0.1, -0.05) is 22.0 Å². The van der Waals surface area contributed by atoms with Crippen LogP contribution in [0.2, 0.25) is 0 Å². The molecular formula is C14H15BrN2O4. The number of β-amino-alcohol motifs (C(OH)–C–C–N with tert-alkyl or cyclic N) is 1. The minimum absolute atomic E-state index is 0.0112. The van der Waals surface area contributed by atoms with Gasteiger partial charge in [-0.25, -0.2) is 0 Å². The number of amides is 2. The van der Waals surface area contributed by atoms with Crippen LogP contribution in [0.5, 0.6) is 0 Å². The molecule has 0 bridgehead atoms. The Bertz CT molecular complexity index is 601. The third-order valence-corrected chi connectivity index (χ3v) is 3.47. The SMILES string of the molecule is COCc1ccc(Br)cc1NC1=CC(=O)N(CCO)C1=O. The molecule has 2 N–H and O–H groups in total. The lowest BCUT2D eigenvalue weighted by molar-refractivity contribution is -0.137. The van der Waals surface area contributed by atoms with Crippen molar-refractivity contribution in [2.24, 2.45) is 0 Å². The Labute approximate surface area is 130 Å². The predicted octanol–water partition coefficient (Wildman–Crippen LogP) is 1.25. The van der Waals surface area contributed by atoms with E-state index in [4.69, 9.17) is 9.84 Å². The lowest BCUT2D eigenvalue weighted by Crippen LogP contribution is -2.34. The van der Waals surface area contributed by atoms with Crippen LogP contribution in [0.1, 0.15) is 5.56 Å². The van der Waals surface area contributed by atoms with Gasteiger partial charge in [-0.3, -0.25) is 14.5 Å². The smallest absolute Gasteiger partial charge is 0.277 e. The molecule has 0 fully saturated rings. The van der Waals surface area contributed by atoms with Crippen molar-refractivity contribution < 1.29 is 19.4 Å². The molecule has 2 rings (SSSR count). The van der Waals surface area contributed by atoms with Crippen molar-refractivity contribution >= 4 is 33.4 Å². The summed E-state index contributed by atoms with van der Waals surface area (Å²) in [6.45, 7) is 0.110. The number of halogens is 1. The fourth-order valence-electron chi connectivity index (χ4n) is 2.00. The number of hydrogen-bond donors (Lipinski definition) is 2. The molecule has 0 radical (unpaired) electrons. The largest absolute Gasteiger partial charge is 0.395 e. The van der Waals surface area contributed by atoms with Crippen LogP contribution in [0.3, 0.4) is 0 Å². The Balaban J connectivity index is 2.22. The van der Waals surface area contributed by atoms with Crippen LogP contribution in [0.4, 0.5) is 5.69 Å². The Kier molecular flexibility index (Phi) is 5.11. The molecule has 1 aliphatic heterocycles. The topological polar surface area (TPSA) is 78.9 Å². The van der Waals surface area contributed by atoms with E-state index in [1.807, 2.05) is 18.2 Å². The van der Waals surface area contributed by atoms with Gasteiger partial charge in [-0.15, -0.1) is 0 Å². The van der Waals surface area contributed by atoms with E-state index >= 15 is 0 Å². The number of benzene rings is 1. The maximum absolute atomic E-state index is 12.1. The lowest BCUT2D eigenvalue weighted by atomic mass is 10.2. The zero-order valence-corrected chi connectivity index (χ0v) is 13.0. The molecule has 1 aromatic rings. The maximum atomic E-state index is 12.1. The summed E-state index contributed by atoms with van der Waals surface area (Å²) in [5.41, 5.74) is 1.73. The van der Waals surface area contributed by atoms with Crippen molar-refractivity contribution in [2.45, 2.75) is 6.61 Å². The zero-order valence-electron chi connectivity index (χ0n) is 11.4. The van der Waals surface area contributed by atoms with Crippen molar-refractivity contribution in [2.75, 3.05) is 25.6 Å². The van der Waals surface area contributed by atoms with Gasteiger partial charge in [0, 0.05) is 28.9 Å². The summed E-state index contributed by atoms with van der Waals surface area (Å²) in [7, 11) is 1.58. The molecule has 1 aromatic carbocycles. The quantitative estimate of drug-likeness (QED) is 0.751. The lowest BCUT2D eigenvalue weighted by Gasteiger charge is -2.15. The Hall–Kier alpha value is -1.70. The van der Waals surface area contributed by atoms with Crippen LogP contribution < -0.4 is 5.32 Å². The highest BCUT2D eigenvalue weighted by atomic mass is 79.9. The van der Waals surface area contributed by atoms with Crippen LogP contribution >= 0.6 is 15.9 Å². The molecule has 0 saturated carbocycles. The number of methoxy groups -OCH3 is 1. The summed E-state index contributed by atoms with van der Waals surface area (Å²) in [6, 6.07) is 5.54. The molecule has 0 atom stereocenters. The molecular weight excluding hydrogens is 340 g/mol. The van der Waals surface area contributed by atoms with E-state index in [1.54, 1.807) is 7.11 Å². The first kappa shape index (κ1) is 15.7. The second kappa shape index (κ2) is 6.84. The Morgan fingerprint density at radius 2 is 2.14 bits per heavy atom. The third-order valence-electron chi connectivity index (χ3n) is 2.97. The number of carbonyl (C=O) groups is 2. The molecule has 0 spiro atoms. The molecule has 6 nitrogen and oxygen atoms in total. The number of aliphatic hydroxyl groups is 1. The second-order valence-electron chi connectivity index (χ2n) is 4.44. The average Bonchev–Trinajstić information content (AvgIpc) is 2.70. The second-order valence-corrected chi connectivity index (χ2v) is 5.35. The van der Waals surface area contributed by atoms with Gasteiger partial charge >= 0.3 is 0 Å². The highest BCUT2D eigenvalue weighted by molar-refractivity contribution is 9.10. The van der Waals surface area contributed by atoms with E-state index in [-0.39, 0.29) is 18.8 Å². The number of rotatable bonds is 6. The summed E-state index contributed by atoms with van der Waals surface area (Å²) < 4.78 is 5.95. The number of ether oxygens (including phenoxy) is 1. The minimum Gasteiger partial charge on any atom is -0.395 e. The molecule has 21 heavy (non-hydrogen) atoms. The molecule has 112 valence electrons. The monoisotopic (exact) mass is 354 g/mol. The van der Waals surface area contributed by atoms with Crippen LogP contribution in [-0.2, 0) is 20.9 Å². The number of nitrogens with one attached hydrogen (secondary N) is 1. The highest BCUT2D eigenvalue weighted by Gasteiger charge is 2.30. The van der Waals surface area contributed by atoms with Gasteiger partial charge in [0.2, 0.25) is 0 Å².